The van der Waals surface area contributed by atoms with E-state index in [0.29, 0.717) is 28.5 Å². The number of ether oxygens (including phenoxy) is 1. The number of benzene rings is 2. The molecular formula is C23H21F3N4O2. The highest BCUT2D eigenvalue weighted by Crippen LogP contribution is 2.31. The molecule has 2 aromatic carbocycles. The first-order valence-corrected chi connectivity index (χ1v) is 9.54. The van der Waals surface area contributed by atoms with Crippen LogP contribution in [0.5, 0.6) is 5.75 Å². The lowest BCUT2D eigenvalue weighted by molar-refractivity contribution is -0.137. The number of alkyl halides is 3. The summed E-state index contributed by atoms with van der Waals surface area (Å²) >= 11 is 0. The lowest BCUT2D eigenvalue weighted by atomic mass is 10.2. The molecular weight excluding hydrogens is 421 g/mol. The highest BCUT2D eigenvalue weighted by Gasteiger charge is 2.29. The topological polar surface area (TPSA) is 75.3 Å². The van der Waals surface area contributed by atoms with Gasteiger partial charge in [-0.3, -0.25) is 4.79 Å². The van der Waals surface area contributed by atoms with E-state index in [1.807, 2.05) is 0 Å². The van der Waals surface area contributed by atoms with Crippen molar-refractivity contribution in [2.24, 2.45) is 0 Å². The predicted octanol–water partition coefficient (Wildman–Crippen LogP) is 5.55. The Hall–Kier alpha value is -4.01. The van der Waals surface area contributed by atoms with Crippen molar-refractivity contribution in [2.45, 2.75) is 6.18 Å². The van der Waals surface area contributed by atoms with Crippen LogP contribution in [0.3, 0.4) is 0 Å². The Morgan fingerprint density at radius 3 is 2.47 bits per heavy atom. The van der Waals surface area contributed by atoms with Crippen molar-refractivity contribution >= 4 is 34.9 Å². The molecule has 0 fully saturated rings. The molecule has 3 aromatic rings. The van der Waals surface area contributed by atoms with Crippen molar-refractivity contribution in [1.82, 2.24) is 4.98 Å². The highest BCUT2D eigenvalue weighted by atomic mass is 19.4. The molecule has 0 aliphatic carbocycles. The maximum absolute atomic E-state index is 12.7. The molecule has 0 spiro atoms. The molecule has 1 aromatic heterocycles. The number of carbonyl (C=O) groups excluding carboxylic acids is 1. The molecule has 0 aliphatic heterocycles. The van der Waals surface area contributed by atoms with Gasteiger partial charge in [-0.15, -0.1) is 0 Å². The summed E-state index contributed by atoms with van der Waals surface area (Å²) in [5.74, 6) is 0.617. The van der Waals surface area contributed by atoms with Crippen molar-refractivity contribution in [3.05, 3.63) is 78.0 Å². The van der Waals surface area contributed by atoms with Gasteiger partial charge in [0.2, 0.25) is 5.91 Å². The Bertz CT molecular complexity index is 1110. The van der Waals surface area contributed by atoms with Gasteiger partial charge in [0.15, 0.2) is 0 Å². The molecule has 6 nitrogen and oxygen atoms in total. The molecule has 0 bridgehead atoms. The van der Waals surface area contributed by atoms with Crippen LogP contribution in [0.15, 0.2) is 66.9 Å². The summed E-state index contributed by atoms with van der Waals surface area (Å²) in [6, 6.07) is 13.3. The van der Waals surface area contributed by atoms with Crippen molar-refractivity contribution in [3.8, 4) is 5.75 Å². The lowest BCUT2D eigenvalue weighted by Gasteiger charge is -2.12. The quantitative estimate of drug-likeness (QED) is 0.419. The van der Waals surface area contributed by atoms with E-state index in [1.165, 1.54) is 25.3 Å². The first-order chi connectivity index (χ1) is 15.3. The van der Waals surface area contributed by atoms with E-state index in [0.717, 1.165) is 17.8 Å². The molecule has 0 unspecified atom stereocenters. The third-order valence-corrected chi connectivity index (χ3v) is 4.48. The first kappa shape index (κ1) is 22.7. The van der Waals surface area contributed by atoms with Crippen LogP contribution in [-0.4, -0.2) is 25.0 Å². The number of nitrogens with zero attached hydrogens (tertiary/aromatic N) is 1. The fourth-order valence-electron chi connectivity index (χ4n) is 2.85. The Labute approximate surface area is 183 Å². The fraction of sp³-hybridized carbons (Fsp3) is 0.130. The van der Waals surface area contributed by atoms with E-state index in [-0.39, 0.29) is 5.91 Å². The number of carbonyl (C=O) groups is 1. The number of rotatable bonds is 7. The molecule has 3 N–H and O–H groups in total. The number of anilines is 4. The standard InChI is InChI=1S/C23H21F3N4O2/c1-27-19-11-10-18(32-2)14-20(19)30-21(31)12-5-15-4-3-13-28-22(15)29-17-8-6-16(7-9-17)23(24,25)26/h3-14,27H,1-2H3,(H,28,29)(H,30,31)/b12-5+. The molecule has 0 saturated carbocycles. The fourth-order valence-corrected chi connectivity index (χ4v) is 2.85. The number of hydrogen-bond donors (Lipinski definition) is 3. The highest BCUT2D eigenvalue weighted by molar-refractivity contribution is 6.04. The number of pyridine rings is 1. The molecule has 0 radical (unpaired) electrons. The van der Waals surface area contributed by atoms with Crippen molar-refractivity contribution < 1.29 is 22.7 Å². The second kappa shape index (κ2) is 9.86. The molecule has 0 atom stereocenters. The Morgan fingerprint density at radius 2 is 1.81 bits per heavy atom. The molecule has 0 aliphatic rings. The lowest BCUT2D eigenvalue weighted by Crippen LogP contribution is -2.10. The normalized spacial score (nSPS) is 11.3. The van der Waals surface area contributed by atoms with Crippen LogP contribution in [0.4, 0.5) is 36.1 Å². The summed E-state index contributed by atoms with van der Waals surface area (Å²) in [4.78, 5) is 16.7. The van der Waals surface area contributed by atoms with Crippen molar-refractivity contribution in [3.63, 3.8) is 0 Å². The maximum atomic E-state index is 12.7. The van der Waals surface area contributed by atoms with E-state index in [1.54, 1.807) is 49.7 Å². The molecule has 166 valence electrons. The van der Waals surface area contributed by atoms with Gasteiger partial charge in [0.25, 0.3) is 0 Å². The largest absolute Gasteiger partial charge is 0.497 e. The SMILES string of the molecule is CNc1ccc(OC)cc1NC(=O)/C=C/c1cccnc1Nc1ccc(C(F)(F)F)cc1. The zero-order valence-electron chi connectivity index (χ0n) is 17.3. The summed E-state index contributed by atoms with van der Waals surface area (Å²) in [6.07, 6.45) is 0.0435. The van der Waals surface area contributed by atoms with Crippen molar-refractivity contribution in [1.29, 1.82) is 0 Å². The zero-order valence-corrected chi connectivity index (χ0v) is 17.3. The number of amides is 1. The van der Waals surface area contributed by atoms with Gasteiger partial charge in [-0.05, 0) is 54.6 Å². The number of nitrogens with one attached hydrogen (secondary N) is 3. The number of aromatic nitrogens is 1. The summed E-state index contributed by atoms with van der Waals surface area (Å²) in [6.45, 7) is 0. The van der Waals surface area contributed by atoms with Gasteiger partial charge >= 0.3 is 6.18 Å². The van der Waals surface area contributed by atoms with Gasteiger partial charge < -0.3 is 20.7 Å². The molecule has 32 heavy (non-hydrogen) atoms. The zero-order chi connectivity index (χ0) is 23.1. The Morgan fingerprint density at radius 1 is 1.06 bits per heavy atom. The molecule has 3 rings (SSSR count). The van der Waals surface area contributed by atoms with E-state index in [4.69, 9.17) is 4.74 Å². The smallest absolute Gasteiger partial charge is 0.416 e. The van der Waals surface area contributed by atoms with Gasteiger partial charge in [0.05, 0.1) is 24.0 Å². The van der Waals surface area contributed by atoms with E-state index >= 15 is 0 Å². The second-order valence-corrected chi connectivity index (χ2v) is 6.63. The van der Waals surface area contributed by atoms with E-state index < -0.39 is 11.7 Å². The Balaban J connectivity index is 1.74. The van der Waals surface area contributed by atoms with Crippen LogP contribution in [0.2, 0.25) is 0 Å². The summed E-state index contributed by atoms with van der Waals surface area (Å²) in [7, 11) is 3.27. The first-order valence-electron chi connectivity index (χ1n) is 9.54. The average molecular weight is 442 g/mol. The third kappa shape index (κ3) is 5.78. The minimum absolute atomic E-state index is 0.376. The monoisotopic (exact) mass is 442 g/mol. The predicted molar refractivity (Wildman–Crippen MR) is 119 cm³/mol. The van der Waals surface area contributed by atoms with Gasteiger partial charge in [-0.2, -0.15) is 13.2 Å². The molecule has 1 heterocycles. The van der Waals surface area contributed by atoms with Crippen LogP contribution >= 0.6 is 0 Å². The van der Waals surface area contributed by atoms with E-state index in [9.17, 15) is 18.0 Å². The summed E-state index contributed by atoms with van der Waals surface area (Å²) in [5, 5.41) is 8.74. The van der Waals surface area contributed by atoms with Gasteiger partial charge in [-0.25, -0.2) is 4.98 Å². The molecule has 1 amide bonds. The average Bonchev–Trinajstić information content (AvgIpc) is 2.78. The Kier molecular flexibility index (Phi) is 6.99. The van der Waals surface area contributed by atoms with Crippen molar-refractivity contribution in [2.75, 3.05) is 30.1 Å². The van der Waals surface area contributed by atoms with Crippen LogP contribution in [0.1, 0.15) is 11.1 Å². The second-order valence-electron chi connectivity index (χ2n) is 6.63. The van der Waals surface area contributed by atoms with Gasteiger partial charge in [-0.1, -0.05) is 0 Å². The molecule has 0 saturated heterocycles. The number of methoxy groups -OCH3 is 1. The summed E-state index contributed by atoms with van der Waals surface area (Å²) < 4.78 is 43.4. The van der Waals surface area contributed by atoms with E-state index in [2.05, 4.69) is 20.9 Å². The number of halogens is 3. The number of hydrogen-bond acceptors (Lipinski definition) is 5. The van der Waals surface area contributed by atoms with Crippen LogP contribution in [0, 0.1) is 0 Å². The molecule has 9 heteroatoms. The van der Waals surface area contributed by atoms with Gasteiger partial charge in [0.1, 0.15) is 11.6 Å². The van der Waals surface area contributed by atoms with Crippen LogP contribution in [0.25, 0.3) is 6.08 Å². The summed E-state index contributed by atoms with van der Waals surface area (Å²) in [5.41, 5.74) is 1.56. The van der Waals surface area contributed by atoms with Crippen LogP contribution < -0.4 is 20.7 Å². The maximum Gasteiger partial charge on any atom is 0.416 e. The van der Waals surface area contributed by atoms with Gasteiger partial charge in [0, 0.05) is 36.6 Å². The third-order valence-electron chi connectivity index (χ3n) is 4.48. The van der Waals surface area contributed by atoms with Crippen LogP contribution in [-0.2, 0) is 11.0 Å². The minimum Gasteiger partial charge on any atom is -0.497 e. The minimum atomic E-state index is -4.40.